The Bertz CT molecular complexity index is 679. The Morgan fingerprint density at radius 3 is 2.63 bits per heavy atom. The maximum atomic E-state index is 13.4. The third kappa shape index (κ3) is 2.98. The number of hydrogen-bond acceptors (Lipinski definition) is 2. The number of rotatable bonds is 2. The SMILES string of the molecule is N#Cc1ccc(NC(=O)c2ccccc2F)cc1Br. The van der Waals surface area contributed by atoms with Crippen LogP contribution in [0.3, 0.4) is 0 Å². The van der Waals surface area contributed by atoms with Crippen LogP contribution in [0.1, 0.15) is 15.9 Å². The number of nitriles is 1. The van der Waals surface area contributed by atoms with Gasteiger partial charge in [0.15, 0.2) is 0 Å². The molecule has 0 saturated heterocycles. The van der Waals surface area contributed by atoms with Crippen molar-refractivity contribution >= 4 is 27.5 Å². The van der Waals surface area contributed by atoms with Crippen LogP contribution in [0.15, 0.2) is 46.9 Å². The number of nitrogens with one attached hydrogen (secondary N) is 1. The summed E-state index contributed by atoms with van der Waals surface area (Å²) in [4.78, 5) is 11.9. The van der Waals surface area contributed by atoms with Crippen molar-refractivity contribution in [3.05, 3.63) is 63.9 Å². The Morgan fingerprint density at radius 2 is 2.00 bits per heavy atom. The zero-order chi connectivity index (χ0) is 13.8. The molecule has 0 aliphatic heterocycles. The number of halogens is 2. The summed E-state index contributed by atoms with van der Waals surface area (Å²) in [6, 6.07) is 12.5. The van der Waals surface area contributed by atoms with Gasteiger partial charge in [0.25, 0.3) is 5.91 Å². The zero-order valence-corrected chi connectivity index (χ0v) is 11.2. The van der Waals surface area contributed by atoms with Crippen molar-refractivity contribution in [2.24, 2.45) is 0 Å². The summed E-state index contributed by atoms with van der Waals surface area (Å²) in [5.74, 6) is -1.11. The second-order valence-corrected chi connectivity index (χ2v) is 4.59. The Hall–Kier alpha value is -2.19. The molecule has 0 unspecified atom stereocenters. The molecule has 0 aromatic heterocycles. The summed E-state index contributed by atoms with van der Waals surface area (Å²) < 4.78 is 14.0. The molecule has 0 aliphatic carbocycles. The largest absolute Gasteiger partial charge is 0.322 e. The average Bonchev–Trinajstić information content (AvgIpc) is 2.39. The standard InChI is InChI=1S/C14H8BrFN2O/c15-12-7-10(6-5-9(12)8-17)18-14(19)11-3-1-2-4-13(11)16/h1-7H,(H,18,19). The number of anilines is 1. The smallest absolute Gasteiger partial charge is 0.258 e. The molecule has 2 rings (SSSR count). The number of carbonyl (C=O) groups is 1. The summed E-state index contributed by atoms with van der Waals surface area (Å²) in [6.45, 7) is 0. The van der Waals surface area contributed by atoms with Gasteiger partial charge in [0, 0.05) is 10.2 Å². The quantitative estimate of drug-likeness (QED) is 0.917. The van der Waals surface area contributed by atoms with Crippen LogP contribution in [-0.2, 0) is 0 Å². The maximum absolute atomic E-state index is 13.4. The van der Waals surface area contributed by atoms with Crippen LogP contribution in [0.2, 0.25) is 0 Å². The molecular formula is C14H8BrFN2O. The highest BCUT2D eigenvalue weighted by molar-refractivity contribution is 9.10. The normalized spacial score (nSPS) is 9.74. The summed E-state index contributed by atoms with van der Waals surface area (Å²) in [7, 11) is 0. The second-order valence-electron chi connectivity index (χ2n) is 3.74. The fourth-order valence-corrected chi connectivity index (χ4v) is 1.99. The molecule has 0 heterocycles. The molecule has 1 amide bonds. The number of amides is 1. The predicted octanol–water partition coefficient (Wildman–Crippen LogP) is 3.71. The van der Waals surface area contributed by atoms with Gasteiger partial charge in [-0.1, -0.05) is 12.1 Å². The first-order valence-corrected chi connectivity index (χ1v) is 6.16. The number of nitrogens with zero attached hydrogens (tertiary/aromatic N) is 1. The molecular weight excluding hydrogens is 311 g/mol. The highest BCUT2D eigenvalue weighted by atomic mass is 79.9. The van der Waals surface area contributed by atoms with Gasteiger partial charge in [-0.3, -0.25) is 4.79 Å². The van der Waals surface area contributed by atoms with E-state index in [1.54, 1.807) is 24.3 Å². The van der Waals surface area contributed by atoms with Crippen molar-refractivity contribution in [2.45, 2.75) is 0 Å². The average molecular weight is 319 g/mol. The Labute approximate surface area is 117 Å². The zero-order valence-electron chi connectivity index (χ0n) is 9.65. The van der Waals surface area contributed by atoms with E-state index in [1.807, 2.05) is 6.07 Å². The van der Waals surface area contributed by atoms with Crippen LogP contribution < -0.4 is 5.32 Å². The first-order chi connectivity index (χ1) is 9.11. The van der Waals surface area contributed by atoms with Crippen LogP contribution in [0, 0.1) is 17.1 Å². The van der Waals surface area contributed by atoms with Gasteiger partial charge in [0.2, 0.25) is 0 Å². The summed E-state index contributed by atoms with van der Waals surface area (Å²) in [5.41, 5.74) is 0.922. The topological polar surface area (TPSA) is 52.9 Å². The first kappa shape index (κ1) is 13.2. The Morgan fingerprint density at radius 1 is 1.26 bits per heavy atom. The molecule has 0 atom stereocenters. The van der Waals surface area contributed by atoms with Crippen molar-refractivity contribution in [1.82, 2.24) is 0 Å². The van der Waals surface area contributed by atoms with Gasteiger partial charge in [-0.2, -0.15) is 5.26 Å². The summed E-state index contributed by atoms with van der Waals surface area (Å²) in [6.07, 6.45) is 0. The number of hydrogen-bond donors (Lipinski definition) is 1. The third-order valence-electron chi connectivity index (χ3n) is 2.47. The van der Waals surface area contributed by atoms with Crippen LogP contribution >= 0.6 is 15.9 Å². The van der Waals surface area contributed by atoms with E-state index in [1.165, 1.54) is 18.2 Å². The minimum Gasteiger partial charge on any atom is -0.322 e. The van der Waals surface area contributed by atoms with Gasteiger partial charge in [-0.15, -0.1) is 0 Å². The second kappa shape index (κ2) is 5.63. The highest BCUT2D eigenvalue weighted by Gasteiger charge is 2.11. The monoisotopic (exact) mass is 318 g/mol. The predicted molar refractivity (Wildman–Crippen MR) is 73.2 cm³/mol. The molecule has 0 saturated carbocycles. The molecule has 1 N–H and O–H groups in total. The number of carbonyl (C=O) groups excluding carboxylic acids is 1. The fourth-order valence-electron chi connectivity index (χ4n) is 1.53. The van der Waals surface area contributed by atoms with E-state index in [0.29, 0.717) is 15.7 Å². The van der Waals surface area contributed by atoms with E-state index in [0.717, 1.165) is 0 Å². The van der Waals surface area contributed by atoms with Crippen molar-refractivity contribution in [1.29, 1.82) is 5.26 Å². The molecule has 0 spiro atoms. The van der Waals surface area contributed by atoms with Gasteiger partial charge in [0.1, 0.15) is 11.9 Å². The van der Waals surface area contributed by atoms with E-state index in [9.17, 15) is 9.18 Å². The van der Waals surface area contributed by atoms with Crippen LogP contribution in [0.5, 0.6) is 0 Å². The van der Waals surface area contributed by atoms with Gasteiger partial charge in [-0.25, -0.2) is 4.39 Å². The third-order valence-corrected chi connectivity index (χ3v) is 3.12. The molecule has 2 aromatic carbocycles. The van der Waals surface area contributed by atoms with Crippen LogP contribution in [0.4, 0.5) is 10.1 Å². The molecule has 3 nitrogen and oxygen atoms in total. The Balaban J connectivity index is 2.23. The van der Waals surface area contributed by atoms with Crippen molar-refractivity contribution in [3.63, 3.8) is 0 Å². The van der Waals surface area contributed by atoms with Gasteiger partial charge < -0.3 is 5.32 Å². The first-order valence-electron chi connectivity index (χ1n) is 5.37. The fraction of sp³-hybridized carbons (Fsp3) is 0. The molecule has 5 heteroatoms. The molecule has 0 radical (unpaired) electrons. The van der Waals surface area contributed by atoms with E-state index >= 15 is 0 Å². The minimum atomic E-state index is -0.576. The van der Waals surface area contributed by atoms with E-state index in [2.05, 4.69) is 21.2 Å². The maximum Gasteiger partial charge on any atom is 0.258 e. The minimum absolute atomic E-state index is 0.0250. The lowest BCUT2D eigenvalue weighted by atomic mass is 10.2. The lowest BCUT2D eigenvalue weighted by Gasteiger charge is -2.07. The molecule has 2 aromatic rings. The molecule has 0 fully saturated rings. The van der Waals surface area contributed by atoms with Gasteiger partial charge in [0.05, 0.1) is 11.1 Å². The van der Waals surface area contributed by atoms with Gasteiger partial charge >= 0.3 is 0 Å². The highest BCUT2D eigenvalue weighted by Crippen LogP contribution is 2.21. The van der Waals surface area contributed by atoms with E-state index < -0.39 is 11.7 Å². The summed E-state index contributed by atoms with van der Waals surface area (Å²) >= 11 is 3.22. The molecule has 94 valence electrons. The lowest BCUT2D eigenvalue weighted by Crippen LogP contribution is -2.13. The Kier molecular flexibility index (Phi) is 3.93. The van der Waals surface area contributed by atoms with Crippen molar-refractivity contribution in [3.8, 4) is 6.07 Å². The summed E-state index contributed by atoms with van der Waals surface area (Å²) in [5, 5.41) is 11.4. The van der Waals surface area contributed by atoms with E-state index in [-0.39, 0.29) is 5.56 Å². The van der Waals surface area contributed by atoms with Crippen LogP contribution in [0.25, 0.3) is 0 Å². The molecule has 19 heavy (non-hydrogen) atoms. The van der Waals surface area contributed by atoms with Crippen molar-refractivity contribution in [2.75, 3.05) is 5.32 Å². The molecule has 0 bridgehead atoms. The number of benzene rings is 2. The van der Waals surface area contributed by atoms with Gasteiger partial charge in [-0.05, 0) is 46.3 Å². The van der Waals surface area contributed by atoms with Crippen molar-refractivity contribution < 1.29 is 9.18 Å². The van der Waals surface area contributed by atoms with Crippen LogP contribution in [-0.4, -0.2) is 5.91 Å². The lowest BCUT2D eigenvalue weighted by molar-refractivity contribution is 0.102. The molecule has 0 aliphatic rings. The van der Waals surface area contributed by atoms with E-state index in [4.69, 9.17) is 5.26 Å².